The highest BCUT2D eigenvalue weighted by molar-refractivity contribution is 9.10. The van der Waals surface area contributed by atoms with Crippen molar-refractivity contribution in [2.75, 3.05) is 0 Å². The maximum Gasteiger partial charge on any atom is 0.416 e. The number of hydrogen-bond acceptors (Lipinski definition) is 4. The summed E-state index contributed by atoms with van der Waals surface area (Å²) in [5.74, 6) is -0.0813. The molecule has 0 saturated carbocycles. The molecular weight excluding hydrogens is 439 g/mol. The number of alkyl halides is 5. The molecule has 2 heterocycles. The summed E-state index contributed by atoms with van der Waals surface area (Å²) in [7, 11) is 0. The molecule has 3 rings (SSSR count). The molecule has 0 aliphatic heterocycles. The van der Waals surface area contributed by atoms with Crippen molar-refractivity contribution in [3.8, 4) is 11.5 Å². The number of aromatic nitrogens is 4. The van der Waals surface area contributed by atoms with Gasteiger partial charge in [-0.05, 0) is 48.0 Å². The van der Waals surface area contributed by atoms with Crippen molar-refractivity contribution >= 4 is 15.9 Å². The molecular formula is C16H12BrF5N4O. The van der Waals surface area contributed by atoms with E-state index in [1.807, 2.05) is 0 Å². The van der Waals surface area contributed by atoms with Crippen LogP contribution in [0, 0.1) is 6.92 Å². The van der Waals surface area contributed by atoms with Crippen molar-refractivity contribution in [1.29, 1.82) is 0 Å². The van der Waals surface area contributed by atoms with Crippen LogP contribution >= 0.6 is 15.9 Å². The second kappa shape index (κ2) is 7.02. The Morgan fingerprint density at radius 1 is 1.19 bits per heavy atom. The van der Waals surface area contributed by atoms with E-state index in [2.05, 4.69) is 31.2 Å². The number of benzene rings is 1. The Hall–Kier alpha value is -2.30. The van der Waals surface area contributed by atoms with Gasteiger partial charge in [-0.3, -0.25) is 4.68 Å². The highest BCUT2D eigenvalue weighted by Gasteiger charge is 2.31. The SMILES string of the molecule is Cc1c(Br)c(C(F)F)nn1[C@H](C)c1nnc(-c2cccc(C(F)(F)F)c2)o1. The minimum Gasteiger partial charge on any atom is -0.418 e. The minimum absolute atomic E-state index is 0.0290. The van der Waals surface area contributed by atoms with E-state index in [-0.39, 0.29) is 21.8 Å². The van der Waals surface area contributed by atoms with Gasteiger partial charge in [-0.25, -0.2) is 8.78 Å². The number of rotatable bonds is 4. The lowest BCUT2D eigenvalue weighted by Crippen LogP contribution is -2.11. The molecule has 2 aromatic heterocycles. The average Bonchev–Trinajstić information content (AvgIpc) is 3.20. The summed E-state index contributed by atoms with van der Waals surface area (Å²) in [4.78, 5) is 0. The van der Waals surface area contributed by atoms with Gasteiger partial charge in [-0.2, -0.15) is 18.3 Å². The summed E-state index contributed by atoms with van der Waals surface area (Å²) >= 11 is 3.07. The molecule has 0 radical (unpaired) electrons. The van der Waals surface area contributed by atoms with Crippen LogP contribution in [0.4, 0.5) is 22.0 Å². The van der Waals surface area contributed by atoms with Crippen molar-refractivity contribution in [3.63, 3.8) is 0 Å². The van der Waals surface area contributed by atoms with E-state index in [0.29, 0.717) is 5.69 Å². The second-order valence-electron chi connectivity index (χ2n) is 5.73. The van der Waals surface area contributed by atoms with Gasteiger partial charge in [-0.1, -0.05) is 6.07 Å². The maximum atomic E-state index is 13.0. The molecule has 1 aromatic carbocycles. The molecule has 0 N–H and O–H groups in total. The third-order valence-corrected chi connectivity index (χ3v) is 4.89. The molecule has 5 nitrogen and oxygen atoms in total. The molecule has 0 aliphatic rings. The van der Waals surface area contributed by atoms with Crippen LogP contribution in [0.1, 0.15) is 42.2 Å². The average molecular weight is 451 g/mol. The molecule has 3 aromatic rings. The Labute approximate surface area is 158 Å². The van der Waals surface area contributed by atoms with Gasteiger partial charge in [0.25, 0.3) is 6.43 Å². The minimum atomic E-state index is -4.50. The summed E-state index contributed by atoms with van der Waals surface area (Å²) in [5.41, 5.74) is -0.739. The molecule has 0 saturated heterocycles. The maximum absolute atomic E-state index is 13.0. The van der Waals surface area contributed by atoms with Crippen LogP contribution < -0.4 is 0 Å². The fourth-order valence-electron chi connectivity index (χ4n) is 2.49. The molecule has 11 heteroatoms. The van der Waals surface area contributed by atoms with E-state index in [1.54, 1.807) is 13.8 Å². The van der Waals surface area contributed by atoms with E-state index in [9.17, 15) is 22.0 Å². The molecule has 0 unspecified atom stereocenters. The highest BCUT2D eigenvalue weighted by atomic mass is 79.9. The third-order valence-electron chi connectivity index (χ3n) is 3.91. The largest absolute Gasteiger partial charge is 0.418 e. The van der Waals surface area contributed by atoms with Crippen LogP contribution in [-0.2, 0) is 6.18 Å². The Morgan fingerprint density at radius 3 is 2.48 bits per heavy atom. The predicted molar refractivity (Wildman–Crippen MR) is 88.2 cm³/mol. The smallest absolute Gasteiger partial charge is 0.416 e. The van der Waals surface area contributed by atoms with Gasteiger partial charge in [0.15, 0.2) is 0 Å². The highest BCUT2D eigenvalue weighted by Crippen LogP contribution is 2.34. The predicted octanol–water partition coefficient (Wildman–Crippen LogP) is 5.57. The van der Waals surface area contributed by atoms with Crippen LogP contribution in [0.15, 0.2) is 33.2 Å². The van der Waals surface area contributed by atoms with E-state index >= 15 is 0 Å². The first-order valence-corrected chi connectivity index (χ1v) is 8.42. The Morgan fingerprint density at radius 2 is 1.89 bits per heavy atom. The zero-order valence-corrected chi connectivity index (χ0v) is 15.5. The fraction of sp³-hybridized carbons (Fsp3) is 0.312. The summed E-state index contributed by atoms with van der Waals surface area (Å²) in [5, 5.41) is 11.4. The van der Waals surface area contributed by atoms with Crippen LogP contribution in [-0.4, -0.2) is 20.0 Å². The molecule has 0 fully saturated rings. The molecule has 144 valence electrons. The number of hydrogen-bond donors (Lipinski definition) is 0. The lowest BCUT2D eigenvalue weighted by Gasteiger charge is -2.10. The molecule has 0 bridgehead atoms. The van der Waals surface area contributed by atoms with Crippen molar-refractivity contribution in [2.45, 2.75) is 32.5 Å². The Kier molecular flexibility index (Phi) is 5.06. The van der Waals surface area contributed by atoms with Gasteiger partial charge in [0.1, 0.15) is 11.7 Å². The second-order valence-corrected chi connectivity index (χ2v) is 6.52. The zero-order chi connectivity index (χ0) is 19.9. The van der Waals surface area contributed by atoms with Crippen LogP contribution in [0.2, 0.25) is 0 Å². The standard InChI is InChI=1S/C16H12BrF5N4O/c1-7-11(17)12(13(18)19)25-26(7)8(2)14-23-24-15(27-14)9-4-3-5-10(6-9)16(20,21)22/h3-6,8,13H,1-2H3/t8-/m1/s1. The molecule has 0 spiro atoms. The van der Waals surface area contributed by atoms with E-state index in [4.69, 9.17) is 4.42 Å². The van der Waals surface area contributed by atoms with E-state index in [0.717, 1.165) is 12.1 Å². The van der Waals surface area contributed by atoms with Crippen molar-refractivity contribution in [2.24, 2.45) is 0 Å². The normalized spacial score (nSPS) is 13.4. The van der Waals surface area contributed by atoms with Gasteiger partial charge in [0.2, 0.25) is 11.8 Å². The summed E-state index contributed by atoms with van der Waals surface area (Å²) in [6.07, 6.45) is -7.27. The molecule has 0 amide bonds. The number of halogens is 6. The van der Waals surface area contributed by atoms with Gasteiger partial charge in [-0.15, -0.1) is 10.2 Å². The number of nitrogens with zero attached hydrogens (tertiary/aromatic N) is 4. The van der Waals surface area contributed by atoms with E-state index in [1.165, 1.54) is 16.8 Å². The topological polar surface area (TPSA) is 56.7 Å². The molecule has 27 heavy (non-hydrogen) atoms. The first kappa shape index (κ1) is 19.5. The van der Waals surface area contributed by atoms with Gasteiger partial charge < -0.3 is 4.42 Å². The zero-order valence-electron chi connectivity index (χ0n) is 13.9. The van der Waals surface area contributed by atoms with Crippen molar-refractivity contribution < 1.29 is 26.4 Å². The van der Waals surface area contributed by atoms with Gasteiger partial charge in [0.05, 0.1) is 15.7 Å². The summed E-state index contributed by atoms with van der Waals surface area (Å²) < 4.78 is 71.4. The Balaban J connectivity index is 1.94. The van der Waals surface area contributed by atoms with Gasteiger partial charge in [0, 0.05) is 5.56 Å². The summed E-state index contributed by atoms with van der Waals surface area (Å²) in [6, 6.07) is 3.77. The lowest BCUT2D eigenvalue weighted by atomic mass is 10.1. The third kappa shape index (κ3) is 3.73. The first-order valence-electron chi connectivity index (χ1n) is 7.63. The molecule has 0 aliphatic carbocycles. The fourth-order valence-corrected chi connectivity index (χ4v) is 2.92. The summed E-state index contributed by atoms with van der Waals surface area (Å²) in [6.45, 7) is 3.19. The Bertz CT molecular complexity index is 966. The van der Waals surface area contributed by atoms with Crippen molar-refractivity contribution in [1.82, 2.24) is 20.0 Å². The molecule has 1 atom stereocenters. The van der Waals surface area contributed by atoms with Crippen LogP contribution in [0.5, 0.6) is 0 Å². The van der Waals surface area contributed by atoms with Crippen LogP contribution in [0.3, 0.4) is 0 Å². The van der Waals surface area contributed by atoms with Gasteiger partial charge >= 0.3 is 6.18 Å². The van der Waals surface area contributed by atoms with Crippen molar-refractivity contribution in [3.05, 3.63) is 51.6 Å². The first-order chi connectivity index (χ1) is 12.6. The monoisotopic (exact) mass is 450 g/mol. The van der Waals surface area contributed by atoms with E-state index < -0.39 is 29.9 Å². The lowest BCUT2D eigenvalue weighted by molar-refractivity contribution is -0.137. The quantitative estimate of drug-likeness (QED) is 0.487. The van der Waals surface area contributed by atoms with Crippen LogP contribution in [0.25, 0.3) is 11.5 Å².